The Morgan fingerprint density at radius 2 is 1.45 bits per heavy atom. The molecule has 3 aromatic carbocycles. The standard InChI is InChI=1S/C26H27N3O4/c1-32-24(30)15-16-29(26(31)22-5-3-2-4-6-22)17-18-33-23-13-11-20(12-14-23)19-7-9-21(10-8-19)25(27)28/h2-14H,15-18H2,1H3,(H3,27,28). The second-order valence-corrected chi connectivity index (χ2v) is 7.35. The molecule has 7 nitrogen and oxygen atoms in total. The van der Waals surface area contributed by atoms with Crippen LogP contribution in [0.2, 0.25) is 0 Å². The molecule has 0 aromatic heterocycles. The number of amides is 1. The topological polar surface area (TPSA) is 106 Å². The summed E-state index contributed by atoms with van der Waals surface area (Å²) in [6, 6.07) is 24.0. The molecular formula is C26H27N3O4. The Hall–Kier alpha value is -4.13. The quantitative estimate of drug-likeness (QED) is 0.281. The third-order valence-corrected chi connectivity index (χ3v) is 5.13. The van der Waals surface area contributed by atoms with Crippen LogP contribution >= 0.6 is 0 Å². The van der Waals surface area contributed by atoms with Crippen LogP contribution in [0.4, 0.5) is 0 Å². The largest absolute Gasteiger partial charge is 0.492 e. The molecule has 0 aliphatic carbocycles. The van der Waals surface area contributed by atoms with Crippen molar-refractivity contribution in [3.8, 4) is 16.9 Å². The van der Waals surface area contributed by atoms with Crippen LogP contribution in [0.5, 0.6) is 5.75 Å². The minimum atomic E-state index is -0.367. The number of esters is 1. The number of nitrogen functional groups attached to an aromatic ring is 1. The molecule has 0 heterocycles. The third kappa shape index (κ3) is 6.67. The average Bonchev–Trinajstić information content (AvgIpc) is 2.86. The van der Waals surface area contributed by atoms with Crippen molar-refractivity contribution in [1.82, 2.24) is 4.90 Å². The fraction of sp³-hybridized carbons (Fsp3) is 0.192. The van der Waals surface area contributed by atoms with Gasteiger partial charge in [0, 0.05) is 17.7 Å². The van der Waals surface area contributed by atoms with Crippen LogP contribution in [-0.2, 0) is 9.53 Å². The average molecular weight is 446 g/mol. The SMILES string of the molecule is COC(=O)CCN(CCOc1ccc(-c2ccc(C(=N)N)cc2)cc1)C(=O)c1ccccc1. The van der Waals surface area contributed by atoms with Crippen molar-refractivity contribution in [3.63, 3.8) is 0 Å². The van der Waals surface area contributed by atoms with Crippen LogP contribution in [0.1, 0.15) is 22.3 Å². The van der Waals surface area contributed by atoms with Gasteiger partial charge >= 0.3 is 5.97 Å². The van der Waals surface area contributed by atoms with E-state index in [1.807, 2.05) is 54.6 Å². The highest BCUT2D eigenvalue weighted by Crippen LogP contribution is 2.23. The molecule has 3 N–H and O–H groups in total. The van der Waals surface area contributed by atoms with Crippen molar-refractivity contribution in [2.45, 2.75) is 6.42 Å². The van der Waals surface area contributed by atoms with Crippen molar-refractivity contribution < 1.29 is 19.1 Å². The fourth-order valence-corrected chi connectivity index (χ4v) is 3.27. The van der Waals surface area contributed by atoms with E-state index >= 15 is 0 Å². The maximum Gasteiger partial charge on any atom is 0.307 e. The summed E-state index contributed by atoms with van der Waals surface area (Å²) >= 11 is 0. The number of carbonyl (C=O) groups excluding carboxylic acids is 2. The number of nitrogens with zero attached hydrogens (tertiary/aromatic N) is 1. The Labute approximate surface area is 193 Å². The highest BCUT2D eigenvalue weighted by atomic mass is 16.5. The summed E-state index contributed by atoms with van der Waals surface area (Å²) < 4.78 is 10.5. The summed E-state index contributed by atoms with van der Waals surface area (Å²) in [4.78, 5) is 26.0. The van der Waals surface area contributed by atoms with E-state index in [-0.39, 0.29) is 37.3 Å². The molecule has 0 saturated carbocycles. The van der Waals surface area contributed by atoms with Gasteiger partial charge in [0.2, 0.25) is 0 Å². The van der Waals surface area contributed by atoms with Crippen molar-refractivity contribution in [2.24, 2.45) is 5.73 Å². The molecule has 0 unspecified atom stereocenters. The molecule has 3 rings (SSSR count). The molecule has 170 valence electrons. The number of rotatable bonds is 10. The van der Waals surface area contributed by atoms with E-state index in [2.05, 4.69) is 0 Å². The lowest BCUT2D eigenvalue weighted by molar-refractivity contribution is -0.140. The van der Waals surface area contributed by atoms with Gasteiger partial charge < -0.3 is 20.1 Å². The normalized spacial score (nSPS) is 10.3. The van der Waals surface area contributed by atoms with E-state index in [9.17, 15) is 9.59 Å². The van der Waals surface area contributed by atoms with E-state index in [4.69, 9.17) is 20.6 Å². The lowest BCUT2D eigenvalue weighted by atomic mass is 10.0. The van der Waals surface area contributed by atoms with Crippen LogP contribution < -0.4 is 10.5 Å². The number of nitrogens with one attached hydrogen (secondary N) is 1. The molecule has 0 saturated heterocycles. The molecule has 0 bridgehead atoms. The lowest BCUT2D eigenvalue weighted by Gasteiger charge is -2.22. The lowest BCUT2D eigenvalue weighted by Crippen LogP contribution is -2.36. The van der Waals surface area contributed by atoms with E-state index in [1.165, 1.54) is 7.11 Å². The highest BCUT2D eigenvalue weighted by Gasteiger charge is 2.17. The smallest absolute Gasteiger partial charge is 0.307 e. The number of carbonyl (C=O) groups is 2. The van der Waals surface area contributed by atoms with Crippen LogP contribution in [-0.4, -0.2) is 49.4 Å². The van der Waals surface area contributed by atoms with Crippen molar-refractivity contribution in [3.05, 3.63) is 90.0 Å². The molecule has 1 amide bonds. The summed E-state index contributed by atoms with van der Waals surface area (Å²) in [7, 11) is 1.33. The first-order valence-corrected chi connectivity index (χ1v) is 10.6. The summed E-state index contributed by atoms with van der Waals surface area (Å²) in [5, 5.41) is 7.48. The van der Waals surface area contributed by atoms with E-state index in [0.29, 0.717) is 23.4 Å². The number of methoxy groups -OCH3 is 1. The maximum absolute atomic E-state index is 12.9. The van der Waals surface area contributed by atoms with Crippen molar-refractivity contribution in [1.29, 1.82) is 5.41 Å². The van der Waals surface area contributed by atoms with Crippen molar-refractivity contribution >= 4 is 17.7 Å². The molecule has 0 aliphatic rings. The van der Waals surface area contributed by atoms with Gasteiger partial charge in [-0.15, -0.1) is 0 Å². The molecule has 0 aliphatic heterocycles. The zero-order valence-electron chi connectivity index (χ0n) is 18.5. The van der Waals surface area contributed by atoms with Gasteiger partial charge in [0.15, 0.2) is 0 Å². The summed E-state index contributed by atoms with van der Waals surface area (Å²) in [5.41, 5.74) is 8.76. The third-order valence-electron chi connectivity index (χ3n) is 5.13. The second-order valence-electron chi connectivity index (χ2n) is 7.35. The molecule has 7 heteroatoms. The van der Waals surface area contributed by atoms with E-state index in [1.54, 1.807) is 29.2 Å². The molecule has 0 atom stereocenters. The number of hydrogen-bond acceptors (Lipinski definition) is 5. The molecule has 0 fully saturated rings. The van der Waals surface area contributed by atoms with Gasteiger partial charge in [0.1, 0.15) is 18.2 Å². The molecule has 33 heavy (non-hydrogen) atoms. The number of nitrogens with two attached hydrogens (primary N) is 1. The van der Waals surface area contributed by atoms with Gasteiger partial charge in [0.25, 0.3) is 5.91 Å². The first kappa shape index (κ1) is 23.5. The van der Waals surface area contributed by atoms with Crippen LogP contribution in [0.15, 0.2) is 78.9 Å². The Morgan fingerprint density at radius 1 is 0.848 bits per heavy atom. The highest BCUT2D eigenvalue weighted by molar-refractivity contribution is 5.95. The van der Waals surface area contributed by atoms with E-state index < -0.39 is 0 Å². The number of hydrogen-bond donors (Lipinski definition) is 2. The zero-order chi connectivity index (χ0) is 23.6. The molecular weight excluding hydrogens is 418 g/mol. The van der Waals surface area contributed by atoms with Gasteiger partial charge in [-0.05, 0) is 35.4 Å². The van der Waals surface area contributed by atoms with Gasteiger partial charge in [-0.3, -0.25) is 15.0 Å². The first-order valence-electron chi connectivity index (χ1n) is 10.6. The number of amidine groups is 1. The number of benzene rings is 3. The van der Waals surface area contributed by atoms with Gasteiger partial charge in [-0.2, -0.15) is 0 Å². The summed E-state index contributed by atoms with van der Waals surface area (Å²) in [6.07, 6.45) is 0.117. The monoisotopic (exact) mass is 445 g/mol. The summed E-state index contributed by atoms with van der Waals surface area (Å²) in [5.74, 6) is 0.192. The molecule has 0 spiro atoms. The minimum Gasteiger partial charge on any atom is -0.492 e. The Kier molecular flexibility index (Phi) is 8.18. The van der Waals surface area contributed by atoms with Crippen LogP contribution in [0.3, 0.4) is 0 Å². The summed E-state index contributed by atoms with van der Waals surface area (Å²) in [6.45, 7) is 0.865. The Balaban J connectivity index is 1.59. The predicted molar refractivity (Wildman–Crippen MR) is 127 cm³/mol. The van der Waals surface area contributed by atoms with E-state index in [0.717, 1.165) is 11.1 Å². The zero-order valence-corrected chi connectivity index (χ0v) is 18.5. The fourth-order valence-electron chi connectivity index (χ4n) is 3.27. The molecule has 3 aromatic rings. The predicted octanol–water partition coefficient (Wildman–Crippen LogP) is 3.72. The Bertz CT molecular complexity index is 1080. The van der Waals surface area contributed by atoms with Gasteiger partial charge in [0.05, 0.1) is 20.1 Å². The van der Waals surface area contributed by atoms with Crippen LogP contribution in [0, 0.1) is 5.41 Å². The van der Waals surface area contributed by atoms with Crippen molar-refractivity contribution in [2.75, 3.05) is 26.8 Å². The first-order chi connectivity index (χ1) is 16.0. The number of ether oxygens (including phenoxy) is 2. The Morgan fingerprint density at radius 3 is 2.03 bits per heavy atom. The van der Waals surface area contributed by atoms with Gasteiger partial charge in [-0.25, -0.2) is 0 Å². The van der Waals surface area contributed by atoms with Crippen LogP contribution in [0.25, 0.3) is 11.1 Å². The molecule has 0 radical (unpaired) electrons. The maximum atomic E-state index is 12.9. The second kappa shape index (κ2) is 11.5. The van der Waals surface area contributed by atoms with Gasteiger partial charge in [-0.1, -0.05) is 54.6 Å². The minimum absolute atomic E-state index is 0.0386.